The molecule has 1 aromatic rings. The number of carboxylic acid groups (broad SMARTS) is 1. The number of rotatable bonds is 3. The monoisotopic (exact) mass is 259 g/mol. The maximum atomic E-state index is 11.6. The first-order chi connectivity index (χ1) is 9.10. The lowest BCUT2D eigenvalue weighted by Gasteiger charge is -2.23. The number of nitrogens with one attached hydrogen (secondary N) is 1. The summed E-state index contributed by atoms with van der Waals surface area (Å²) in [5.74, 6) is -1.01. The van der Waals surface area contributed by atoms with Crippen LogP contribution in [0.2, 0.25) is 0 Å². The lowest BCUT2D eigenvalue weighted by molar-refractivity contribution is -0.136. The van der Waals surface area contributed by atoms with Crippen LogP contribution in [0.3, 0.4) is 0 Å². The third-order valence-corrected chi connectivity index (χ3v) is 2.94. The van der Waals surface area contributed by atoms with Crippen molar-refractivity contribution in [1.82, 2.24) is 0 Å². The molecule has 19 heavy (non-hydrogen) atoms. The van der Waals surface area contributed by atoms with Crippen molar-refractivity contribution < 1.29 is 14.7 Å². The third-order valence-electron chi connectivity index (χ3n) is 2.94. The molecule has 6 nitrogen and oxygen atoms in total. The second kappa shape index (κ2) is 5.40. The summed E-state index contributed by atoms with van der Waals surface area (Å²) in [6, 6.07) is 7.01. The highest BCUT2D eigenvalue weighted by atomic mass is 16.4. The molecule has 98 valence electrons. The number of carbonyl (C=O) groups is 2. The minimum atomic E-state index is -0.876. The number of nitrogens with zero attached hydrogens (tertiary/aromatic N) is 2. The standard InChI is InChI=1S/C13H13N3O3/c14-8-9-1-2-11-10(7-9)15-12(17)3-5-16(11)6-4-13(18)19/h1-2,7H,3-6H2,(H,15,17)(H,18,19). The van der Waals surface area contributed by atoms with E-state index in [9.17, 15) is 9.59 Å². The van der Waals surface area contributed by atoms with E-state index >= 15 is 0 Å². The van der Waals surface area contributed by atoms with Gasteiger partial charge in [0.05, 0.1) is 29.4 Å². The molecule has 0 saturated heterocycles. The van der Waals surface area contributed by atoms with Crippen LogP contribution in [-0.4, -0.2) is 30.1 Å². The van der Waals surface area contributed by atoms with E-state index in [0.717, 1.165) is 5.69 Å². The molecule has 2 N–H and O–H groups in total. The van der Waals surface area contributed by atoms with E-state index in [4.69, 9.17) is 10.4 Å². The molecule has 1 aliphatic heterocycles. The van der Waals surface area contributed by atoms with Gasteiger partial charge in [-0.25, -0.2) is 0 Å². The Morgan fingerprint density at radius 2 is 2.32 bits per heavy atom. The summed E-state index contributed by atoms with van der Waals surface area (Å²) < 4.78 is 0. The van der Waals surface area contributed by atoms with Crippen LogP contribution >= 0.6 is 0 Å². The Balaban J connectivity index is 2.31. The highest BCUT2D eigenvalue weighted by Gasteiger charge is 2.19. The number of fused-ring (bicyclic) bond motifs is 1. The molecule has 2 rings (SSSR count). The lowest BCUT2D eigenvalue weighted by Crippen LogP contribution is -2.27. The first-order valence-corrected chi connectivity index (χ1v) is 5.91. The molecule has 6 heteroatoms. The molecular weight excluding hydrogens is 246 g/mol. The quantitative estimate of drug-likeness (QED) is 0.850. The van der Waals surface area contributed by atoms with Gasteiger partial charge in [-0.15, -0.1) is 0 Å². The number of carboxylic acids is 1. The molecule has 0 atom stereocenters. The van der Waals surface area contributed by atoms with Crippen molar-refractivity contribution in [3.63, 3.8) is 0 Å². The van der Waals surface area contributed by atoms with Crippen molar-refractivity contribution in [3.05, 3.63) is 23.8 Å². The van der Waals surface area contributed by atoms with Crippen molar-refractivity contribution in [3.8, 4) is 6.07 Å². The normalized spacial score (nSPS) is 14.1. The van der Waals surface area contributed by atoms with E-state index in [2.05, 4.69) is 5.32 Å². The predicted molar refractivity (Wildman–Crippen MR) is 68.9 cm³/mol. The van der Waals surface area contributed by atoms with Gasteiger partial charge < -0.3 is 15.3 Å². The average molecular weight is 259 g/mol. The molecule has 0 unspecified atom stereocenters. The fourth-order valence-corrected chi connectivity index (χ4v) is 2.01. The second-order valence-corrected chi connectivity index (χ2v) is 4.27. The summed E-state index contributed by atoms with van der Waals surface area (Å²) in [6.07, 6.45) is 0.309. The maximum Gasteiger partial charge on any atom is 0.305 e. The van der Waals surface area contributed by atoms with E-state index < -0.39 is 5.97 Å². The molecule has 1 heterocycles. The SMILES string of the molecule is N#Cc1ccc2c(c1)NC(=O)CCN2CCC(=O)O. The Labute approximate surface area is 110 Å². The van der Waals surface area contributed by atoms with Gasteiger partial charge in [0.15, 0.2) is 0 Å². The molecule has 0 aliphatic carbocycles. The zero-order chi connectivity index (χ0) is 13.8. The fourth-order valence-electron chi connectivity index (χ4n) is 2.01. The van der Waals surface area contributed by atoms with E-state index in [1.165, 1.54) is 0 Å². The van der Waals surface area contributed by atoms with Gasteiger partial charge in [0, 0.05) is 19.5 Å². The number of hydrogen-bond acceptors (Lipinski definition) is 4. The van der Waals surface area contributed by atoms with E-state index in [1.807, 2.05) is 11.0 Å². The molecule has 1 aliphatic rings. The Kier molecular flexibility index (Phi) is 3.66. The van der Waals surface area contributed by atoms with Gasteiger partial charge in [0.25, 0.3) is 0 Å². The van der Waals surface area contributed by atoms with Crippen LogP contribution in [0.15, 0.2) is 18.2 Å². The summed E-state index contributed by atoms with van der Waals surface area (Å²) >= 11 is 0. The Bertz CT molecular complexity index is 563. The first kappa shape index (κ1) is 12.9. The Morgan fingerprint density at radius 3 is 3.00 bits per heavy atom. The molecule has 0 fully saturated rings. The van der Waals surface area contributed by atoms with Crippen molar-refractivity contribution in [2.45, 2.75) is 12.8 Å². The van der Waals surface area contributed by atoms with Gasteiger partial charge in [0.1, 0.15) is 0 Å². The number of carbonyl (C=O) groups excluding carboxylic acids is 1. The van der Waals surface area contributed by atoms with Crippen LogP contribution in [0, 0.1) is 11.3 Å². The second-order valence-electron chi connectivity index (χ2n) is 4.27. The highest BCUT2D eigenvalue weighted by Crippen LogP contribution is 2.29. The van der Waals surface area contributed by atoms with E-state index in [0.29, 0.717) is 30.8 Å². The van der Waals surface area contributed by atoms with Gasteiger partial charge in [-0.3, -0.25) is 9.59 Å². The van der Waals surface area contributed by atoms with Crippen LogP contribution in [0.25, 0.3) is 0 Å². The highest BCUT2D eigenvalue weighted by molar-refractivity contribution is 5.96. The molecule has 0 bridgehead atoms. The topological polar surface area (TPSA) is 93.4 Å². The van der Waals surface area contributed by atoms with Crippen LogP contribution in [-0.2, 0) is 9.59 Å². The van der Waals surface area contributed by atoms with Gasteiger partial charge in [-0.2, -0.15) is 5.26 Å². The van der Waals surface area contributed by atoms with Crippen molar-refractivity contribution >= 4 is 23.3 Å². The number of nitriles is 1. The minimum absolute atomic E-state index is 0.00757. The van der Waals surface area contributed by atoms with Gasteiger partial charge >= 0.3 is 5.97 Å². The van der Waals surface area contributed by atoms with Gasteiger partial charge in [-0.1, -0.05) is 0 Å². The number of anilines is 2. The van der Waals surface area contributed by atoms with E-state index in [-0.39, 0.29) is 12.3 Å². The zero-order valence-electron chi connectivity index (χ0n) is 10.2. The predicted octanol–water partition coefficient (Wildman–Crippen LogP) is 1.18. The summed E-state index contributed by atoms with van der Waals surface area (Å²) in [7, 11) is 0. The zero-order valence-corrected chi connectivity index (χ0v) is 10.2. The minimum Gasteiger partial charge on any atom is -0.481 e. The largest absolute Gasteiger partial charge is 0.481 e. The van der Waals surface area contributed by atoms with E-state index in [1.54, 1.807) is 18.2 Å². The fraction of sp³-hybridized carbons (Fsp3) is 0.308. The first-order valence-electron chi connectivity index (χ1n) is 5.91. The maximum absolute atomic E-state index is 11.6. The summed E-state index contributed by atoms with van der Waals surface area (Å²) in [4.78, 5) is 24.1. The lowest BCUT2D eigenvalue weighted by atomic mass is 10.1. The van der Waals surface area contributed by atoms with Crippen molar-refractivity contribution in [2.24, 2.45) is 0 Å². The van der Waals surface area contributed by atoms with Crippen LogP contribution in [0.4, 0.5) is 11.4 Å². The smallest absolute Gasteiger partial charge is 0.305 e. The molecular formula is C13H13N3O3. The molecule has 1 amide bonds. The van der Waals surface area contributed by atoms with Crippen LogP contribution < -0.4 is 10.2 Å². The number of hydrogen-bond donors (Lipinski definition) is 2. The summed E-state index contributed by atoms with van der Waals surface area (Å²) in [5, 5.41) is 20.3. The van der Waals surface area contributed by atoms with Gasteiger partial charge in [-0.05, 0) is 18.2 Å². The molecule has 0 saturated carbocycles. The molecule has 0 spiro atoms. The average Bonchev–Trinajstić information content (AvgIpc) is 2.54. The number of benzene rings is 1. The van der Waals surface area contributed by atoms with Crippen molar-refractivity contribution in [2.75, 3.05) is 23.3 Å². The van der Waals surface area contributed by atoms with Gasteiger partial charge in [0.2, 0.25) is 5.91 Å². The molecule has 1 aromatic carbocycles. The molecule has 0 radical (unpaired) electrons. The third kappa shape index (κ3) is 3.01. The van der Waals surface area contributed by atoms with Crippen LogP contribution in [0.1, 0.15) is 18.4 Å². The van der Waals surface area contributed by atoms with Crippen molar-refractivity contribution in [1.29, 1.82) is 5.26 Å². The summed E-state index contributed by atoms with van der Waals surface area (Å²) in [6.45, 7) is 0.807. The molecule has 0 aromatic heterocycles. The summed E-state index contributed by atoms with van der Waals surface area (Å²) in [5.41, 5.74) is 1.78. The van der Waals surface area contributed by atoms with Crippen LogP contribution in [0.5, 0.6) is 0 Å². The number of amides is 1. The number of aliphatic carboxylic acids is 1. The Morgan fingerprint density at radius 1 is 1.53 bits per heavy atom. The Hall–Kier alpha value is -2.55.